The molecule has 4 heteroatoms. The second-order valence-electron chi connectivity index (χ2n) is 5.14. The number of aromatic nitrogens is 2. The first-order chi connectivity index (χ1) is 9.88. The number of H-pyrrole nitrogens is 1. The van der Waals surface area contributed by atoms with Gasteiger partial charge in [-0.2, -0.15) is 0 Å². The molecule has 0 spiro atoms. The summed E-state index contributed by atoms with van der Waals surface area (Å²) in [5, 5.41) is 3.39. The fourth-order valence-corrected chi connectivity index (χ4v) is 2.75. The van der Waals surface area contributed by atoms with Gasteiger partial charge in [0, 0.05) is 11.5 Å². The van der Waals surface area contributed by atoms with Gasteiger partial charge in [-0.15, -0.1) is 0 Å². The lowest BCUT2D eigenvalue weighted by atomic mass is 9.98. The van der Waals surface area contributed by atoms with Crippen LogP contribution < -0.4 is 10.1 Å². The van der Waals surface area contributed by atoms with Gasteiger partial charge in [0.25, 0.3) is 0 Å². The Labute approximate surface area is 119 Å². The first-order valence-corrected chi connectivity index (χ1v) is 7.36. The highest BCUT2D eigenvalue weighted by Gasteiger charge is 2.19. The summed E-state index contributed by atoms with van der Waals surface area (Å²) in [6, 6.07) is 8.11. The lowest BCUT2D eigenvalue weighted by Crippen LogP contribution is -2.27. The Morgan fingerprint density at radius 3 is 2.85 bits per heavy atom. The lowest BCUT2D eigenvalue weighted by Gasteiger charge is -2.20. The molecule has 0 atom stereocenters. The van der Waals surface area contributed by atoms with E-state index >= 15 is 0 Å². The van der Waals surface area contributed by atoms with E-state index in [4.69, 9.17) is 4.74 Å². The molecule has 2 aromatic rings. The topological polar surface area (TPSA) is 49.9 Å². The van der Waals surface area contributed by atoms with Gasteiger partial charge in [-0.1, -0.05) is 12.1 Å². The SMILES string of the molecule is CCOc1ccccc1-c1cnc(C2CCNCC2)[nH]1. The average Bonchev–Trinajstić information content (AvgIpc) is 2.99. The van der Waals surface area contributed by atoms with Crippen LogP contribution in [0.2, 0.25) is 0 Å². The molecule has 20 heavy (non-hydrogen) atoms. The molecule has 1 aromatic heterocycles. The molecule has 0 amide bonds. The van der Waals surface area contributed by atoms with Crippen molar-refractivity contribution < 1.29 is 4.74 Å². The Hall–Kier alpha value is -1.81. The molecule has 106 valence electrons. The van der Waals surface area contributed by atoms with Crippen molar-refractivity contribution in [1.29, 1.82) is 0 Å². The predicted octanol–water partition coefficient (Wildman–Crippen LogP) is 2.94. The van der Waals surface area contributed by atoms with Crippen LogP contribution in [0.15, 0.2) is 30.5 Å². The van der Waals surface area contributed by atoms with E-state index in [1.165, 1.54) is 0 Å². The monoisotopic (exact) mass is 271 g/mol. The van der Waals surface area contributed by atoms with E-state index in [2.05, 4.69) is 21.4 Å². The van der Waals surface area contributed by atoms with Gasteiger partial charge >= 0.3 is 0 Å². The third-order valence-corrected chi connectivity index (χ3v) is 3.80. The zero-order valence-electron chi connectivity index (χ0n) is 11.9. The van der Waals surface area contributed by atoms with Crippen LogP contribution in [0, 0.1) is 0 Å². The van der Waals surface area contributed by atoms with Crippen LogP contribution in [0.1, 0.15) is 31.5 Å². The zero-order chi connectivity index (χ0) is 13.8. The summed E-state index contributed by atoms with van der Waals surface area (Å²) in [4.78, 5) is 8.06. The summed E-state index contributed by atoms with van der Waals surface area (Å²) in [5.41, 5.74) is 2.13. The van der Waals surface area contributed by atoms with Crippen molar-refractivity contribution in [3.63, 3.8) is 0 Å². The first kappa shape index (κ1) is 13.2. The third-order valence-electron chi connectivity index (χ3n) is 3.80. The van der Waals surface area contributed by atoms with E-state index in [1.54, 1.807) is 0 Å². The lowest BCUT2D eigenvalue weighted by molar-refractivity contribution is 0.341. The number of hydrogen-bond acceptors (Lipinski definition) is 3. The van der Waals surface area contributed by atoms with Crippen molar-refractivity contribution in [2.75, 3.05) is 19.7 Å². The number of para-hydroxylation sites is 1. The highest BCUT2D eigenvalue weighted by atomic mass is 16.5. The molecule has 3 rings (SSSR count). The maximum absolute atomic E-state index is 5.69. The molecule has 0 bridgehead atoms. The minimum absolute atomic E-state index is 0.546. The Kier molecular flexibility index (Phi) is 4.02. The smallest absolute Gasteiger partial charge is 0.128 e. The Bertz CT molecular complexity index is 558. The maximum Gasteiger partial charge on any atom is 0.128 e. The first-order valence-electron chi connectivity index (χ1n) is 7.36. The number of piperidine rings is 1. The van der Waals surface area contributed by atoms with Crippen LogP contribution in [0.3, 0.4) is 0 Å². The van der Waals surface area contributed by atoms with E-state index in [0.717, 1.165) is 48.8 Å². The molecule has 4 nitrogen and oxygen atoms in total. The van der Waals surface area contributed by atoms with Crippen LogP contribution >= 0.6 is 0 Å². The number of nitrogens with zero attached hydrogens (tertiary/aromatic N) is 1. The average molecular weight is 271 g/mol. The van der Waals surface area contributed by atoms with E-state index in [-0.39, 0.29) is 0 Å². The van der Waals surface area contributed by atoms with E-state index in [0.29, 0.717) is 12.5 Å². The van der Waals surface area contributed by atoms with Crippen LogP contribution in [0.25, 0.3) is 11.3 Å². The van der Waals surface area contributed by atoms with Crippen molar-refractivity contribution in [2.45, 2.75) is 25.7 Å². The summed E-state index contributed by atoms with van der Waals surface area (Å²) < 4.78 is 5.69. The molecular weight excluding hydrogens is 250 g/mol. The van der Waals surface area contributed by atoms with Crippen LogP contribution in [-0.2, 0) is 0 Å². The molecule has 1 aromatic carbocycles. The number of benzene rings is 1. The molecule has 0 saturated carbocycles. The molecule has 1 aliphatic rings. The minimum atomic E-state index is 0.546. The summed E-state index contributed by atoms with van der Waals surface area (Å²) in [6.07, 6.45) is 4.23. The molecule has 1 saturated heterocycles. The second-order valence-corrected chi connectivity index (χ2v) is 5.14. The predicted molar refractivity (Wildman–Crippen MR) is 80.0 cm³/mol. The summed E-state index contributed by atoms with van der Waals surface area (Å²) in [7, 11) is 0. The van der Waals surface area contributed by atoms with Gasteiger partial charge in [0.1, 0.15) is 11.6 Å². The molecule has 0 aliphatic carbocycles. The van der Waals surface area contributed by atoms with Crippen LogP contribution in [0.4, 0.5) is 0 Å². The van der Waals surface area contributed by atoms with Crippen LogP contribution in [-0.4, -0.2) is 29.7 Å². The normalized spacial score (nSPS) is 16.2. The number of rotatable bonds is 4. The van der Waals surface area contributed by atoms with E-state index < -0.39 is 0 Å². The number of hydrogen-bond donors (Lipinski definition) is 2. The Balaban J connectivity index is 1.86. The van der Waals surface area contributed by atoms with Gasteiger partial charge in [0.05, 0.1) is 18.5 Å². The summed E-state index contributed by atoms with van der Waals surface area (Å²) in [6.45, 7) is 4.84. The number of aromatic amines is 1. The number of nitrogens with one attached hydrogen (secondary N) is 2. The molecule has 1 fully saturated rings. The van der Waals surface area contributed by atoms with Gasteiger partial charge < -0.3 is 15.0 Å². The fourth-order valence-electron chi connectivity index (χ4n) is 2.75. The van der Waals surface area contributed by atoms with Crippen molar-refractivity contribution in [2.24, 2.45) is 0 Å². The van der Waals surface area contributed by atoms with Crippen molar-refractivity contribution in [1.82, 2.24) is 15.3 Å². The Morgan fingerprint density at radius 2 is 2.05 bits per heavy atom. The summed E-state index contributed by atoms with van der Waals surface area (Å²) in [5.74, 6) is 2.56. The molecule has 0 radical (unpaired) electrons. The fraction of sp³-hybridized carbons (Fsp3) is 0.438. The van der Waals surface area contributed by atoms with E-state index in [9.17, 15) is 0 Å². The van der Waals surface area contributed by atoms with Crippen molar-refractivity contribution in [3.05, 3.63) is 36.3 Å². The molecule has 0 unspecified atom stereocenters. The summed E-state index contributed by atoms with van der Waals surface area (Å²) >= 11 is 0. The number of imidazole rings is 1. The standard InChI is InChI=1S/C16H21N3O/c1-2-20-15-6-4-3-5-13(15)14-11-18-16(19-14)12-7-9-17-10-8-12/h3-6,11-12,17H,2,7-10H2,1H3,(H,18,19). The third kappa shape index (κ3) is 2.70. The molecule has 2 N–H and O–H groups in total. The van der Waals surface area contributed by atoms with E-state index in [1.807, 2.05) is 31.3 Å². The number of ether oxygens (including phenoxy) is 1. The van der Waals surface area contributed by atoms with Gasteiger partial charge in [-0.25, -0.2) is 4.98 Å². The largest absolute Gasteiger partial charge is 0.493 e. The highest BCUT2D eigenvalue weighted by molar-refractivity contribution is 5.66. The maximum atomic E-state index is 5.69. The Morgan fingerprint density at radius 1 is 1.25 bits per heavy atom. The van der Waals surface area contributed by atoms with Gasteiger partial charge in [0.15, 0.2) is 0 Å². The van der Waals surface area contributed by atoms with Crippen LogP contribution in [0.5, 0.6) is 5.75 Å². The quantitative estimate of drug-likeness (QED) is 0.899. The second kappa shape index (κ2) is 6.09. The zero-order valence-corrected chi connectivity index (χ0v) is 11.9. The van der Waals surface area contributed by atoms with Gasteiger partial charge in [-0.05, 0) is 45.0 Å². The minimum Gasteiger partial charge on any atom is -0.493 e. The molecule has 2 heterocycles. The van der Waals surface area contributed by atoms with Gasteiger partial charge in [0.2, 0.25) is 0 Å². The highest BCUT2D eigenvalue weighted by Crippen LogP contribution is 2.30. The van der Waals surface area contributed by atoms with Crippen molar-refractivity contribution in [3.8, 4) is 17.0 Å². The molecule has 1 aliphatic heterocycles. The van der Waals surface area contributed by atoms with Gasteiger partial charge in [-0.3, -0.25) is 0 Å². The molecular formula is C16H21N3O. The van der Waals surface area contributed by atoms with Crippen molar-refractivity contribution >= 4 is 0 Å².